The number of halogens is 4. The number of aromatic nitrogens is 3. The van der Waals surface area contributed by atoms with Crippen molar-refractivity contribution in [3.63, 3.8) is 0 Å². The third kappa shape index (κ3) is 5.09. The van der Waals surface area contributed by atoms with E-state index in [0.29, 0.717) is 35.9 Å². The quantitative estimate of drug-likeness (QED) is 0.177. The van der Waals surface area contributed by atoms with Gasteiger partial charge in [-0.25, -0.2) is 30.3 Å². The fourth-order valence-electron chi connectivity index (χ4n) is 3.67. The lowest BCUT2D eigenvalue weighted by atomic mass is 10.0. The Hall–Kier alpha value is -4.26. The van der Waals surface area contributed by atoms with Crippen LogP contribution in [0.3, 0.4) is 0 Å². The van der Waals surface area contributed by atoms with Crippen molar-refractivity contribution < 1.29 is 35.5 Å². The van der Waals surface area contributed by atoms with Gasteiger partial charge in [-0.05, 0) is 55.0 Å². The van der Waals surface area contributed by atoms with Crippen molar-refractivity contribution in [2.75, 3.05) is 11.0 Å². The number of esters is 1. The van der Waals surface area contributed by atoms with Crippen molar-refractivity contribution in [3.8, 4) is 22.4 Å². The third-order valence-corrected chi connectivity index (χ3v) is 7.25. The van der Waals surface area contributed by atoms with E-state index in [9.17, 15) is 22.0 Å². The molecule has 198 valence electrons. The number of sulfonamides is 1. The highest BCUT2D eigenvalue weighted by atomic mass is 32.2. The molecule has 0 radical (unpaired) electrons. The average molecular weight is 549 g/mol. The second kappa shape index (κ2) is 10.6. The lowest BCUT2D eigenvalue weighted by molar-refractivity contribution is -0.140. The Bertz CT molecular complexity index is 1610. The topological polar surface area (TPSA) is 94.4 Å². The molecule has 4 aromatic rings. The van der Waals surface area contributed by atoms with E-state index < -0.39 is 62.1 Å². The van der Waals surface area contributed by atoms with Gasteiger partial charge in [0.05, 0.1) is 11.3 Å². The second-order valence-electron chi connectivity index (χ2n) is 7.93. The van der Waals surface area contributed by atoms with Gasteiger partial charge in [-0.15, -0.1) is 0 Å². The molecule has 0 aliphatic heterocycles. The largest absolute Gasteiger partial charge is 0.443 e. The molecule has 2 heterocycles. The highest BCUT2D eigenvalue weighted by molar-refractivity contribution is 7.92. The standard InChI is InChI=1S/C25H20F4N4O4S/c1-3-32-13-18(16-8-10-30-11-9-16)25(31-32)23-20(28)6-7-21(24(23)29)33(14-37-15(2)34)38(35,36)22-12-17(26)4-5-19(22)27/h4-13H,3,14H2,1-2H3. The molecule has 0 aliphatic rings. The smallest absolute Gasteiger partial charge is 0.304 e. The van der Waals surface area contributed by atoms with Crippen LogP contribution in [0.1, 0.15) is 13.8 Å². The van der Waals surface area contributed by atoms with Gasteiger partial charge in [0.25, 0.3) is 10.0 Å². The van der Waals surface area contributed by atoms with Crippen molar-refractivity contribution in [2.24, 2.45) is 0 Å². The fourth-order valence-corrected chi connectivity index (χ4v) is 5.08. The van der Waals surface area contributed by atoms with Crippen molar-refractivity contribution in [2.45, 2.75) is 25.3 Å². The fraction of sp³-hybridized carbons (Fsp3) is 0.160. The van der Waals surface area contributed by atoms with Crippen molar-refractivity contribution in [1.82, 2.24) is 14.8 Å². The Morgan fingerprint density at radius 2 is 1.71 bits per heavy atom. The Labute approximate surface area is 215 Å². The summed E-state index contributed by atoms with van der Waals surface area (Å²) < 4.78 is 92.8. The Morgan fingerprint density at radius 3 is 2.37 bits per heavy atom. The van der Waals surface area contributed by atoms with Gasteiger partial charge in [0.1, 0.15) is 28.0 Å². The molecule has 8 nitrogen and oxygen atoms in total. The van der Waals surface area contributed by atoms with Crippen LogP contribution in [0.4, 0.5) is 23.2 Å². The predicted octanol–water partition coefficient (Wildman–Crippen LogP) is 4.90. The summed E-state index contributed by atoms with van der Waals surface area (Å²) in [7, 11) is -5.05. The molecule has 0 fully saturated rings. The zero-order valence-corrected chi connectivity index (χ0v) is 20.8. The number of ether oxygens (including phenoxy) is 1. The van der Waals surface area contributed by atoms with Gasteiger partial charge in [-0.3, -0.25) is 14.5 Å². The lowest BCUT2D eigenvalue weighted by Crippen LogP contribution is -2.35. The number of nitrogens with zero attached hydrogens (tertiary/aromatic N) is 4. The first kappa shape index (κ1) is 26.8. The van der Waals surface area contributed by atoms with Crippen LogP contribution in [0.5, 0.6) is 0 Å². The van der Waals surface area contributed by atoms with Gasteiger partial charge >= 0.3 is 5.97 Å². The SMILES string of the molecule is CCn1cc(-c2ccncc2)c(-c2c(F)ccc(N(COC(C)=O)S(=O)(=O)c3cc(F)ccc3F)c2F)n1. The van der Waals surface area contributed by atoms with Crippen molar-refractivity contribution in [3.05, 3.63) is 84.3 Å². The van der Waals surface area contributed by atoms with E-state index in [1.54, 1.807) is 25.3 Å². The van der Waals surface area contributed by atoms with Crippen molar-refractivity contribution >= 4 is 21.7 Å². The van der Waals surface area contributed by atoms with E-state index in [1.807, 2.05) is 0 Å². The van der Waals surface area contributed by atoms with E-state index in [-0.39, 0.29) is 10.00 Å². The maximum atomic E-state index is 16.1. The Balaban J connectivity index is 1.95. The maximum Gasteiger partial charge on any atom is 0.304 e. The molecule has 38 heavy (non-hydrogen) atoms. The number of carbonyl (C=O) groups is 1. The lowest BCUT2D eigenvalue weighted by Gasteiger charge is -2.25. The Kier molecular flexibility index (Phi) is 7.49. The van der Waals surface area contributed by atoms with Gasteiger partial charge in [-0.1, -0.05) is 0 Å². The molecule has 0 aliphatic carbocycles. The molecule has 0 bridgehead atoms. The van der Waals surface area contributed by atoms with Crippen LogP contribution >= 0.6 is 0 Å². The molecule has 0 saturated heterocycles. The number of pyridine rings is 1. The molecule has 13 heteroatoms. The molecule has 2 aromatic carbocycles. The summed E-state index contributed by atoms with van der Waals surface area (Å²) in [5, 5.41) is 4.27. The molecule has 0 saturated carbocycles. The normalized spacial score (nSPS) is 11.4. The zero-order valence-electron chi connectivity index (χ0n) is 20.0. The van der Waals surface area contributed by atoms with Gasteiger partial charge in [-0.2, -0.15) is 5.10 Å². The van der Waals surface area contributed by atoms with Crippen LogP contribution < -0.4 is 4.31 Å². The number of benzene rings is 2. The van der Waals surface area contributed by atoms with Crippen LogP contribution in [-0.2, 0) is 26.1 Å². The summed E-state index contributed by atoms with van der Waals surface area (Å²) in [4.78, 5) is 14.3. The summed E-state index contributed by atoms with van der Waals surface area (Å²) in [5.74, 6) is -5.79. The minimum Gasteiger partial charge on any atom is -0.443 e. The summed E-state index contributed by atoms with van der Waals surface area (Å²) in [6.45, 7) is 1.98. The van der Waals surface area contributed by atoms with Crippen LogP contribution in [0.2, 0.25) is 0 Å². The number of anilines is 1. The van der Waals surface area contributed by atoms with E-state index >= 15 is 8.78 Å². The van der Waals surface area contributed by atoms with E-state index in [4.69, 9.17) is 4.74 Å². The first-order valence-corrected chi connectivity index (χ1v) is 12.6. The number of aryl methyl sites for hydroxylation is 1. The summed E-state index contributed by atoms with van der Waals surface area (Å²) in [6.07, 6.45) is 4.52. The van der Waals surface area contributed by atoms with Crippen LogP contribution in [-0.4, -0.2) is 35.9 Å². The molecule has 4 rings (SSSR count). The second-order valence-corrected chi connectivity index (χ2v) is 9.76. The van der Waals surface area contributed by atoms with E-state index in [0.717, 1.165) is 19.1 Å². The predicted molar refractivity (Wildman–Crippen MR) is 129 cm³/mol. The molecular formula is C25H20F4N4O4S. The highest BCUT2D eigenvalue weighted by Gasteiger charge is 2.33. The number of hydrogen-bond acceptors (Lipinski definition) is 6. The molecule has 0 atom stereocenters. The van der Waals surface area contributed by atoms with Gasteiger partial charge in [0.2, 0.25) is 0 Å². The van der Waals surface area contributed by atoms with Crippen molar-refractivity contribution in [1.29, 1.82) is 0 Å². The molecule has 0 N–H and O–H groups in total. The van der Waals surface area contributed by atoms with Crippen LogP contribution in [0, 0.1) is 23.3 Å². The molecule has 2 aromatic heterocycles. The van der Waals surface area contributed by atoms with E-state index in [2.05, 4.69) is 10.1 Å². The summed E-state index contributed by atoms with van der Waals surface area (Å²) >= 11 is 0. The maximum absolute atomic E-state index is 16.1. The first-order chi connectivity index (χ1) is 18.0. The summed E-state index contributed by atoms with van der Waals surface area (Å²) in [5.41, 5.74) is -0.737. The highest BCUT2D eigenvalue weighted by Crippen LogP contribution is 2.39. The van der Waals surface area contributed by atoms with Gasteiger partial charge in [0, 0.05) is 37.6 Å². The van der Waals surface area contributed by atoms with Gasteiger partial charge < -0.3 is 4.74 Å². The zero-order chi connectivity index (χ0) is 27.6. The van der Waals surface area contributed by atoms with E-state index in [1.165, 1.54) is 17.1 Å². The number of hydrogen-bond donors (Lipinski definition) is 0. The molecule has 0 unspecified atom stereocenters. The molecule has 0 amide bonds. The van der Waals surface area contributed by atoms with Crippen LogP contribution in [0.15, 0.2) is 66.0 Å². The monoisotopic (exact) mass is 548 g/mol. The van der Waals surface area contributed by atoms with Crippen LogP contribution in [0.25, 0.3) is 22.4 Å². The summed E-state index contributed by atoms with van der Waals surface area (Å²) in [6, 6.07) is 6.47. The average Bonchev–Trinajstić information content (AvgIpc) is 3.31. The van der Waals surface area contributed by atoms with Gasteiger partial charge in [0.15, 0.2) is 12.5 Å². The first-order valence-electron chi connectivity index (χ1n) is 11.1. The third-order valence-electron chi connectivity index (χ3n) is 5.50. The molecular weight excluding hydrogens is 528 g/mol. The number of rotatable bonds is 8. The minimum absolute atomic E-state index is 0.142. The Morgan fingerprint density at radius 1 is 1.03 bits per heavy atom. The number of carbonyl (C=O) groups excluding carboxylic acids is 1. The minimum atomic E-state index is -5.05. The molecule has 0 spiro atoms.